The van der Waals surface area contributed by atoms with Crippen LogP contribution in [-0.4, -0.2) is 40.2 Å². The van der Waals surface area contributed by atoms with Crippen molar-refractivity contribution in [2.45, 2.75) is 33.6 Å². The minimum absolute atomic E-state index is 0.434. The van der Waals surface area contributed by atoms with Gasteiger partial charge in [0.1, 0.15) is 0 Å². The third kappa shape index (κ3) is 4.88. The van der Waals surface area contributed by atoms with E-state index in [0.29, 0.717) is 42.0 Å². The van der Waals surface area contributed by atoms with Crippen LogP contribution in [-0.2, 0) is 6.42 Å². The molecule has 1 aliphatic carbocycles. The lowest BCUT2D eigenvalue weighted by Gasteiger charge is -2.38. The molecule has 148 valence electrons. The summed E-state index contributed by atoms with van der Waals surface area (Å²) >= 11 is 0. The Morgan fingerprint density at radius 3 is 2.86 bits per heavy atom. The first-order valence-corrected chi connectivity index (χ1v) is 10.0. The van der Waals surface area contributed by atoms with E-state index in [4.69, 9.17) is 10.8 Å². The summed E-state index contributed by atoms with van der Waals surface area (Å²) in [5.41, 5.74) is 2.27. The number of hydrogen-bond donors (Lipinski definition) is 0. The van der Waals surface area contributed by atoms with Gasteiger partial charge in [0.25, 0.3) is 0 Å². The maximum Gasteiger partial charge on any atom is 0.249 e. The van der Waals surface area contributed by atoms with Crippen molar-refractivity contribution in [2.75, 3.05) is 20.1 Å². The molecule has 3 atom stereocenters. The summed E-state index contributed by atoms with van der Waals surface area (Å²) in [6.45, 7) is 8.56. The molecule has 0 unspecified atom stereocenters. The lowest BCUT2D eigenvalue weighted by molar-refractivity contribution is 0.183. The lowest BCUT2D eigenvalue weighted by Crippen LogP contribution is -2.35. The average Bonchev–Trinajstić information content (AvgIpc) is 3.13. The van der Waals surface area contributed by atoms with Gasteiger partial charge in [-0.2, -0.15) is 0 Å². The van der Waals surface area contributed by atoms with Gasteiger partial charge >= 0.3 is 0 Å². The first-order valence-electron chi connectivity index (χ1n) is 10.0. The number of rotatable bonds is 7. The van der Waals surface area contributed by atoms with Crippen molar-refractivity contribution >= 4 is 0 Å². The smallest absolute Gasteiger partial charge is 0.249 e. The Kier molecular flexibility index (Phi) is 6.64. The third-order valence-electron chi connectivity index (χ3n) is 5.76. The molecule has 5 nitrogen and oxygen atoms in total. The van der Waals surface area contributed by atoms with Crippen molar-refractivity contribution in [3.8, 4) is 23.8 Å². The molecule has 0 saturated carbocycles. The maximum absolute atomic E-state index is 5.92. The number of terminal acetylenes is 1. The Morgan fingerprint density at radius 1 is 1.36 bits per heavy atom. The Hall–Kier alpha value is -2.45. The monoisotopic (exact) mass is 378 g/mol. The SMILES string of the molecule is C#CCN(C)C[C@@H]1C=C(C)[C@H](Cc2nnc(-c3cccnc3)o2)C[C@H]1C(C)C. The van der Waals surface area contributed by atoms with Crippen molar-refractivity contribution in [2.24, 2.45) is 23.7 Å². The number of allylic oxidation sites excluding steroid dienone is 1. The van der Waals surface area contributed by atoms with E-state index in [9.17, 15) is 0 Å². The minimum atomic E-state index is 0.434. The van der Waals surface area contributed by atoms with E-state index in [1.807, 2.05) is 12.1 Å². The zero-order valence-corrected chi connectivity index (χ0v) is 17.3. The summed E-state index contributed by atoms with van der Waals surface area (Å²) in [6, 6.07) is 3.81. The molecular weight excluding hydrogens is 348 g/mol. The molecule has 0 saturated heterocycles. The fourth-order valence-corrected chi connectivity index (χ4v) is 4.22. The third-order valence-corrected chi connectivity index (χ3v) is 5.76. The number of aromatic nitrogens is 3. The van der Waals surface area contributed by atoms with Gasteiger partial charge in [0.2, 0.25) is 11.8 Å². The lowest BCUT2D eigenvalue weighted by atomic mass is 9.69. The van der Waals surface area contributed by atoms with Crippen molar-refractivity contribution < 1.29 is 4.42 Å². The summed E-state index contributed by atoms with van der Waals surface area (Å²) in [4.78, 5) is 6.36. The van der Waals surface area contributed by atoms with Gasteiger partial charge < -0.3 is 4.42 Å². The van der Waals surface area contributed by atoms with Crippen LogP contribution >= 0.6 is 0 Å². The Labute approximate surface area is 168 Å². The van der Waals surface area contributed by atoms with Gasteiger partial charge in [-0.25, -0.2) is 0 Å². The highest BCUT2D eigenvalue weighted by molar-refractivity contribution is 5.49. The van der Waals surface area contributed by atoms with Crippen LogP contribution in [0.15, 0.2) is 40.6 Å². The standard InChI is InChI=1S/C23H30N4O/c1-6-10-27(5)15-20-11-17(4)19(12-21(20)16(2)3)13-22-25-26-23(28-22)18-8-7-9-24-14-18/h1,7-9,11,14,16,19-21H,10,12-13,15H2,2-5H3/t19-,20-,21-/m0/s1. The van der Waals surface area contributed by atoms with Crippen molar-refractivity contribution in [1.29, 1.82) is 0 Å². The van der Waals surface area contributed by atoms with Gasteiger partial charge in [-0.1, -0.05) is 31.4 Å². The van der Waals surface area contributed by atoms with Crippen LogP contribution in [0.2, 0.25) is 0 Å². The molecule has 5 heteroatoms. The number of nitrogens with zero attached hydrogens (tertiary/aromatic N) is 4. The fourth-order valence-electron chi connectivity index (χ4n) is 4.22. The van der Waals surface area contributed by atoms with E-state index in [-0.39, 0.29) is 0 Å². The number of pyridine rings is 1. The molecular formula is C23H30N4O. The second-order valence-corrected chi connectivity index (χ2v) is 8.26. The van der Waals surface area contributed by atoms with Crippen molar-refractivity contribution in [3.63, 3.8) is 0 Å². The summed E-state index contributed by atoms with van der Waals surface area (Å²) in [5.74, 6) is 6.18. The van der Waals surface area contributed by atoms with Crippen LogP contribution in [0.25, 0.3) is 11.5 Å². The molecule has 0 bridgehead atoms. The molecule has 28 heavy (non-hydrogen) atoms. The van der Waals surface area contributed by atoms with Gasteiger partial charge in [-0.05, 0) is 56.2 Å². The molecule has 2 heterocycles. The van der Waals surface area contributed by atoms with Crippen LogP contribution in [0.1, 0.15) is 33.1 Å². The highest BCUT2D eigenvalue weighted by Gasteiger charge is 2.33. The largest absolute Gasteiger partial charge is 0.421 e. The van der Waals surface area contributed by atoms with E-state index >= 15 is 0 Å². The van der Waals surface area contributed by atoms with Gasteiger partial charge in [-0.3, -0.25) is 9.88 Å². The molecule has 3 rings (SSSR count). The van der Waals surface area contributed by atoms with Crippen LogP contribution in [0.5, 0.6) is 0 Å². The van der Waals surface area contributed by atoms with Gasteiger partial charge in [0, 0.05) is 25.4 Å². The second-order valence-electron chi connectivity index (χ2n) is 8.26. The van der Waals surface area contributed by atoms with E-state index in [1.165, 1.54) is 5.57 Å². The van der Waals surface area contributed by atoms with Crippen molar-refractivity contribution in [3.05, 3.63) is 42.1 Å². The molecule has 2 aromatic heterocycles. The van der Waals surface area contributed by atoms with E-state index in [0.717, 1.165) is 24.9 Å². The minimum Gasteiger partial charge on any atom is -0.421 e. The summed E-state index contributed by atoms with van der Waals surface area (Å²) in [6.07, 6.45) is 13.3. The van der Waals surface area contributed by atoms with Crippen LogP contribution in [0, 0.1) is 36.0 Å². The summed E-state index contributed by atoms with van der Waals surface area (Å²) in [5, 5.41) is 8.49. The highest BCUT2D eigenvalue weighted by atomic mass is 16.4. The predicted molar refractivity (Wildman–Crippen MR) is 111 cm³/mol. The Bertz CT molecular complexity index is 834. The van der Waals surface area contributed by atoms with E-state index in [1.54, 1.807) is 12.4 Å². The molecule has 1 aliphatic rings. The highest BCUT2D eigenvalue weighted by Crippen LogP contribution is 2.39. The number of hydrogen-bond acceptors (Lipinski definition) is 5. The van der Waals surface area contributed by atoms with Gasteiger partial charge in [0.15, 0.2) is 0 Å². The summed E-state index contributed by atoms with van der Waals surface area (Å²) in [7, 11) is 2.10. The molecule has 2 aromatic rings. The van der Waals surface area contributed by atoms with Crippen molar-refractivity contribution in [1.82, 2.24) is 20.1 Å². The zero-order valence-electron chi connectivity index (χ0n) is 17.3. The first kappa shape index (κ1) is 20.3. The normalized spacial score (nSPS) is 22.3. The molecule has 0 spiro atoms. The van der Waals surface area contributed by atoms with E-state index < -0.39 is 0 Å². The average molecular weight is 379 g/mol. The molecule has 0 aromatic carbocycles. The molecule has 0 fully saturated rings. The van der Waals surface area contributed by atoms with E-state index in [2.05, 4.69) is 59.9 Å². The Balaban J connectivity index is 1.73. The second kappa shape index (κ2) is 9.16. The zero-order chi connectivity index (χ0) is 20.1. The maximum atomic E-state index is 5.92. The molecule has 0 N–H and O–H groups in total. The van der Waals surface area contributed by atoms with Crippen LogP contribution in [0.4, 0.5) is 0 Å². The van der Waals surface area contributed by atoms with Gasteiger partial charge in [-0.15, -0.1) is 16.6 Å². The quantitative estimate of drug-likeness (QED) is 0.536. The fraction of sp³-hybridized carbons (Fsp3) is 0.522. The molecule has 0 aliphatic heterocycles. The molecule has 0 amide bonds. The van der Waals surface area contributed by atoms with Crippen LogP contribution in [0.3, 0.4) is 0 Å². The Morgan fingerprint density at radius 2 is 2.18 bits per heavy atom. The predicted octanol–water partition coefficient (Wildman–Crippen LogP) is 4.09. The topological polar surface area (TPSA) is 55.1 Å². The first-order chi connectivity index (χ1) is 13.5. The van der Waals surface area contributed by atoms with Gasteiger partial charge in [0.05, 0.1) is 12.1 Å². The molecule has 0 radical (unpaired) electrons. The van der Waals surface area contributed by atoms with Crippen LogP contribution < -0.4 is 0 Å². The summed E-state index contributed by atoms with van der Waals surface area (Å²) < 4.78 is 5.92.